The molecule has 0 unspecified atom stereocenters. The Morgan fingerprint density at radius 2 is 2.13 bits per heavy atom. The van der Waals surface area contributed by atoms with Crippen molar-refractivity contribution in [3.8, 4) is 5.75 Å². The summed E-state index contributed by atoms with van der Waals surface area (Å²) >= 11 is 0. The van der Waals surface area contributed by atoms with Gasteiger partial charge < -0.3 is 24.8 Å². The maximum atomic E-state index is 12.4. The number of amides is 2. The van der Waals surface area contributed by atoms with Gasteiger partial charge in [-0.05, 0) is 50.5 Å². The van der Waals surface area contributed by atoms with Crippen LogP contribution in [0.3, 0.4) is 0 Å². The topological polar surface area (TPSA) is 71.0 Å². The number of nitrogens with one attached hydrogen (secondary N) is 1. The molecule has 1 heterocycles. The van der Waals surface area contributed by atoms with Crippen LogP contribution < -0.4 is 10.1 Å². The number of hydrogen-bond acceptors (Lipinski definition) is 4. The average Bonchev–Trinajstić information content (AvgIpc) is 2.96. The normalized spacial score (nSPS) is 18.7. The highest BCUT2D eigenvalue weighted by molar-refractivity contribution is 5.89. The fraction of sp³-hybridized carbons (Fsp3) is 0.588. The molecule has 1 aromatic carbocycles. The van der Waals surface area contributed by atoms with Gasteiger partial charge in [0.15, 0.2) is 0 Å². The SMILES string of the molecule is COCCOc1ccc(NC(=O)N2CCC[C@@H]2C[C@@H](C)O)cc1. The van der Waals surface area contributed by atoms with Crippen molar-refractivity contribution >= 4 is 11.7 Å². The summed E-state index contributed by atoms with van der Waals surface area (Å²) in [7, 11) is 1.63. The van der Waals surface area contributed by atoms with E-state index in [4.69, 9.17) is 9.47 Å². The van der Waals surface area contributed by atoms with Gasteiger partial charge in [0.2, 0.25) is 0 Å². The Kier molecular flexibility index (Phi) is 6.67. The van der Waals surface area contributed by atoms with E-state index in [2.05, 4.69) is 5.32 Å². The lowest BCUT2D eigenvalue weighted by molar-refractivity contribution is 0.142. The van der Waals surface area contributed by atoms with Crippen molar-refractivity contribution < 1.29 is 19.4 Å². The van der Waals surface area contributed by atoms with Gasteiger partial charge in [-0.15, -0.1) is 0 Å². The molecule has 1 fully saturated rings. The second kappa shape index (κ2) is 8.74. The van der Waals surface area contributed by atoms with Crippen LogP contribution >= 0.6 is 0 Å². The van der Waals surface area contributed by atoms with Crippen molar-refractivity contribution in [2.75, 3.05) is 32.2 Å². The molecule has 2 N–H and O–H groups in total. The fourth-order valence-corrected chi connectivity index (χ4v) is 2.81. The van der Waals surface area contributed by atoms with E-state index in [1.807, 2.05) is 29.2 Å². The molecule has 1 aliphatic rings. The predicted octanol–water partition coefficient (Wildman–Crippen LogP) is 2.48. The third kappa shape index (κ3) is 5.41. The van der Waals surface area contributed by atoms with Crippen LogP contribution in [0.4, 0.5) is 10.5 Å². The number of hydrogen-bond donors (Lipinski definition) is 2. The third-order valence-electron chi connectivity index (χ3n) is 3.91. The number of rotatable bonds is 7. The first-order valence-electron chi connectivity index (χ1n) is 8.07. The van der Waals surface area contributed by atoms with Gasteiger partial charge in [0.05, 0.1) is 12.7 Å². The number of ether oxygens (including phenoxy) is 2. The Labute approximate surface area is 137 Å². The maximum Gasteiger partial charge on any atom is 0.322 e. The minimum absolute atomic E-state index is 0.110. The summed E-state index contributed by atoms with van der Waals surface area (Å²) in [4.78, 5) is 14.2. The number of nitrogens with zero attached hydrogens (tertiary/aromatic N) is 1. The molecule has 2 rings (SSSR count). The first kappa shape index (κ1) is 17.6. The van der Waals surface area contributed by atoms with E-state index >= 15 is 0 Å². The second-order valence-corrected chi connectivity index (χ2v) is 5.87. The number of carbonyl (C=O) groups excluding carboxylic acids is 1. The minimum Gasteiger partial charge on any atom is -0.491 e. The molecule has 1 saturated heterocycles. The number of anilines is 1. The highest BCUT2D eigenvalue weighted by atomic mass is 16.5. The second-order valence-electron chi connectivity index (χ2n) is 5.87. The van der Waals surface area contributed by atoms with Gasteiger partial charge in [-0.25, -0.2) is 4.79 Å². The molecule has 0 radical (unpaired) electrons. The molecule has 1 aromatic rings. The Balaban J connectivity index is 1.87. The molecule has 0 bridgehead atoms. The largest absolute Gasteiger partial charge is 0.491 e. The summed E-state index contributed by atoms with van der Waals surface area (Å²) in [5, 5.41) is 12.4. The lowest BCUT2D eigenvalue weighted by atomic mass is 10.1. The van der Waals surface area contributed by atoms with Crippen LogP contribution in [0.5, 0.6) is 5.75 Å². The van der Waals surface area contributed by atoms with Gasteiger partial charge in [0.25, 0.3) is 0 Å². The Morgan fingerprint density at radius 1 is 1.39 bits per heavy atom. The molecule has 6 heteroatoms. The molecule has 0 saturated carbocycles. The third-order valence-corrected chi connectivity index (χ3v) is 3.91. The molecule has 1 aliphatic heterocycles. The van der Waals surface area contributed by atoms with Crippen LogP contribution in [0, 0.1) is 0 Å². The fourth-order valence-electron chi connectivity index (χ4n) is 2.81. The first-order chi connectivity index (χ1) is 11.1. The Bertz CT molecular complexity index is 490. The first-order valence-corrected chi connectivity index (χ1v) is 8.07. The van der Waals surface area contributed by atoms with Crippen LogP contribution in [0.1, 0.15) is 26.2 Å². The lowest BCUT2D eigenvalue weighted by Gasteiger charge is -2.26. The van der Waals surface area contributed by atoms with E-state index in [1.165, 1.54) is 0 Å². The highest BCUT2D eigenvalue weighted by Gasteiger charge is 2.29. The van der Waals surface area contributed by atoms with Gasteiger partial charge in [0.1, 0.15) is 12.4 Å². The van der Waals surface area contributed by atoms with E-state index in [9.17, 15) is 9.90 Å². The summed E-state index contributed by atoms with van der Waals surface area (Å²) < 4.78 is 10.4. The quantitative estimate of drug-likeness (QED) is 0.757. The Hall–Kier alpha value is -1.79. The summed E-state index contributed by atoms with van der Waals surface area (Å²) in [6.07, 6.45) is 2.17. The molecule has 23 heavy (non-hydrogen) atoms. The van der Waals surface area contributed by atoms with Crippen molar-refractivity contribution in [3.05, 3.63) is 24.3 Å². The number of likely N-dealkylation sites (tertiary alicyclic amines) is 1. The zero-order valence-corrected chi connectivity index (χ0v) is 13.8. The summed E-state index contributed by atoms with van der Waals surface area (Å²) in [5.74, 6) is 0.744. The minimum atomic E-state index is -0.392. The monoisotopic (exact) mass is 322 g/mol. The van der Waals surface area contributed by atoms with Crippen LogP contribution in [0.15, 0.2) is 24.3 Å². The molecule has 0 spiro atoms. The molecule has 128 valence electrons. The average molecular weight is 322 g/mol. The molecule has 2 atom stereocenters. The van der Waals surface area contributed by atoms with Gasteiger partial charge in [0, 0.05) is 25.4 Å². The van der Waals surface area contributed by atoms with Gasteiger partial charge in [-0.2, -0.15) is 0 Å². The van der Waals surface area contributed by atoms with E-state index < -0.39 is 6.10 Å². The number of methoxy groups -OCH3 is 1. The number of urea groups is 1. The van der Waals surface area contributed by atoms with Crippen molar-refractivity contribution in [1.82, 2.24) is 4.90 Å². The van der Waals surface area contributed by atoms with E-state index in [0.29, 0.717) is 19.6 Å². The van der Waals surface area contributed by atoms with Gasteiger partial charge in [-0.3, -0.25) is 0 Å². The molecule has 2 amide bonds. The van der Waals surface area contributed by atoms with Crippen molar-refractivity contribution in [3.63, 3.8) is 0 Å². The van der Waals surface area contributed by atoms with Crippen LogP contribution in [0.25, 0.3) is 0 Å². The van der Waals surface area contributed by atoms with Crippen LogP contribution in [0.2, 0.25) is 0 Å². The maximum absolute atomic E-state index is 12.4. The number of benzene rings is 1. The molecular weight excluding hydrogens is 296 g/mol. The molecule has 0 aliphatic carbocycles. The highest BCUT2D eigenvalue weighted by Crippen LogP contribution is 2.23. The standard InChI is InChI=1S/C17H26N2O4/c1-13(20)12-15-4-3-9-19(15)17(21)18-14-5-7-16(8-6-14)23-11-10-22-2/h5-8,13,15,20H,3-4,9-12H2,1-2H3,(H,18,21)/t13-,15-/m1/s1. The van der Waals surface area contributed by atoms with Gasteiger partial charge >= 0.3 is 6.03 Å². The van der Waals surface area contributed by atoms with E-state index in [0.717, 1.165) is 30.8 Å². The van der Waals surface area contributed by atoms with Crippen molar-refractivity contribution in [2.45, 2.75) is 38.3 Å². The summed E-state index contributed by atoms with van der Waals surface area (Å²) in [6.45, 7) is 3.53. The van der Waals surface area contributed by atoms with E-state index in [1.54, 1.807) is 14.0 Å². The zero-order valence-electron chi connectivity index (χ0n) is 13.8. The predicted molar refractivity (Wildman–Crippen MR) is 88.9 cm³/mol. The van der Waals surface area contributed by atoms with Crippen LogP contribution in [-0.4, -0.2) is 55.1 Å². The summed E-state index contributed by atoms with van der Waals surface area (Å²) in [6, 6.07) is 7.29. The Morgan fingerprint density at radius 3 is 2.78 bits per heavy atom. The number of aliphatic hydroxyl groups is 1. The van der Waals surface area contributed by atoms with E-state index in [-0.39, 0.29) is 12.1 Å². The smallest absolute Gasteiger partial charge is 0.322 e. The van der Waals surface area contributed by atoms with Gasteiger partial charge in [-0.1, -0.05) is 0 Å². The van der Waals surface area contributed by atoms with Crippen molar-refractivity contribution in [1.29, 1.82) is 0 Å². The molecule has 6 nitrogen and oxygen atoms in total. The molecule has 0 aromatic heterocycles. The lowest BCUT2D eigenvalue weighted by Crippen LogP contribution is -2.40. The number of aliphatic hydroxyl groups excluding tert-OH is 1. The summed E-state index contributed by atoms with van der Waals surface area (Å²) in [5.41, 5.74) is 0.733. The molecular formula is C17H26N2O4. The van der Waals surface area contributed by atoms with Crippen molar-refractivity contribution in [2.24, 2.45) is 0 Å². The zero-order chi connectivity index (χ0) is 16.7. The number of carbonyl (C=O) groups is 1. The van der Waals surface area contributed by atoms with Crippen LogP contribution in [-0.2, 0) is 4.74 Å².